The van der Waals surface area contributed by atoms with Crippen molar-refractivity contribution in [2.45, 2.75) is 56.7 Å². The molecule has 1 heterocycles. The van der Waals surface area contributed by atoms with E-state index in [1.54, 1.807) is 0 Å². The lowest BCUT2D eigenvalue weighted by molar-refractivity contribution is 0.139. The fraction of sp³-hybridized carbons (Fsp3) is 0.611. The van der Waals surface area contributed by atoms with Crippen molar-refractivity contribution in [2.75, 3.05) is 13.1 Å². The number of rotatable bonds is 4. The van der Waals surface area contributed by atoms with E-state index in [0.29, 0.717) is 6.04 Å². The minimum absolute atomic E-state index is 0.331. The average molecular weight is 283 g/mol. The highest BCUT2D eigenvalue weighted by Crippen LogP contribution is 2.26. The molecule has 1 aromatic carbocycles. The van der Waals surface area contributed by atoms with Crippen molar-refractivity contribution in [3.63, 3.8) is 0 Å². The summed E-state index contributed by atoms with van der Waals surface area (Å²) in [6.45, 7) is 2.91. The second kappa shape index (κ2) is 6.60. The summed E-state index contributed by atoms with van der Waals surface area (Å²) in [7, 11) is 0. The molecule has 0 spiro atoms. The maximum absolute atomic E-state index is 9.75. The molecule has 1 aliphatic carbocycles. The summed E-state index contributed by atoms with van der Waals surface area (Å²) in [5, 5.41) is 13.4. The fourth-order valence-corrected chi connectivity index (χ4v) is 3.82. The lowest BCUT2D eigenvalue weighted by Gasteiger charge is -2.40. The van der Waals surface area contributed by atoms with Gasteiger partial charge in [-0.15, -0.1) is 0 Å². The Kier molecular flexibility index (Phi) is 4.57. The van der Waals surface area contributed by atoms with Gasteiger partial charge in [0.05, 0.1) is 6.07 Å². The van der Waals surface area contributed by atoms with Crippen LogP contribution < -0.4 is 5.32 Å². The topological polar surface area (TPSA) is 39.1 Å². The van der Waals surface area contributed by atoms with Gasteiger partial charge in [0, 0.05) is 19.1 Å². The maximum atomic E-state index is 9.75. The Morgan fingerprint density at radius 1 is 1.19 bits per heavy atom. The third-order valence-corrected chi connectivity index (χ3v) is 4.87. The van der Waals surface area contributed by atoms with Gasteiger partial charge in [0.15, 0.2) is 0 Å². The molecule has 1 aromatic rings. The number of piperidine rings is 1. The van der Waals surface area contributed by atoms with Crippen molar-refractivity contribution in [3.05, 3.63) is 35.9 Å². The predicted molar refractivity (Wildman–Crippen MR) is 84.7 cm³/mol. The molecule has 1 aliphatic heterocycles. The zero-order chi connectivity index (χ0) is 14.5. The van der Waals surface area contributed by atoms with Gasteiger partial charge in [0.1, 0.15) is 5.54 Å². The first kappa shape index (κ1) is 14.6. The smallest absolute Gasteiger partial charge is 0.119 e. The molecule has 1 unspecified atom stereocenters. The van der Waals surface area contributed by atoms with Gasteiger partial charge in [0.2, 0.25) is 0 Å². The summed E-state index contributed by atoms with van der Waals surface area (Å²) in [5.41, 5.74) is 1.01. The van der Waals surface area contributed by atoms with Crippen molar-refractivity contribution >= 4 is 0 Å². The largest absolute Gasteiger partial charge is 0.296 e. The molecule has 2 fully saturated rings. The molecule has 21 heavy (non-hydrogen) atoms. The van der Waals surface area contributed by atoms with Gasteiger partial charge in [-0.25, -0.2) is 0 Å². The Bertz CT molecular complexity index is 487. The van der Waals surface area contributed by atoms with Crippen LogP contribution in [0.1, 0.15) is 44.1 Å². The molecule has 0 aromatic heterocycles. The summed E-state index contributed by atoms with van der Waals surface area (Å²) in [6.07, 6.45) is 7.20. The van der Waals surface area contributed by atoms with Gasteiger partial charge >= 0.3 is 0 Å². The van der Waals surface area contributed by atoms with Crippen LogP contribution in [0.15, 0.2) is 30.3 Å². The van der Waals surface area contributed by atoms with Gasteiger partial charge in [0.25, 0.3) is 0 Å². The van der Waals surface area contributed by atoms with Crippen LogP contribution in [0.5, 0.6) is 0 Å². The number of benzene rings is 1. The van der Waals surface area contributed by atoms with Crippen LogP contribution in [0.3, 0.4) is 0 Å². The first-order valence-electron chi connectivity index (χ1n) is 8.25. The maximum Gasteiger partial charge on any atom is 0.119 e. The van der Waals surface area contributed by atoms with Gasteiger partial charge in [-0.3, -0.25) is 10.2 Å². The van der Waals surface area contributed by atoms with E-state index in [-0.39, 0.29) is 5.54 Å². The van der Waals surface area contributed by atoms with Crippen LogP contribution in [-0.4, -0.2) is 29.6 Å². The molecule has 112 valence electrons. The van der Waals surface area contributed by atoms with E-state index in [9.17, 15) is 5.26 Å². The van der Waals surface area contributed by atoms with Crippen molar-refractivity contribution in [1.29, 1.82) is 5.26 Å². The summed E-state index contributed by atoms with van der Waals surface area (Å²) < 4.78 is 0. The normalized spacial score (nSPS) is 27.6. The third-order valence-electron chi connectivity index (χ3n) is 4.87. The molecular weight excluding hydrogens is 258 g/mol. The van der Waals surface area contributed by atoms with Crippen molar-refractivity contribution in [2.24, 2.45) is 0 Å². The fourth-order valence-electron chi connectivity index (χ4n) is 3.82. The van der Waals surface area contributed by atoms with E-state index < -0.39 is 0 Å². The molecule has 1 saturated heterocycles. The van der Waals surface area contributed by atoms with Gasteiger partial charge in [-0.1, -0.05) is 43.2 Å². The second-order valence-electron chi connectivity index (χ2n) is 6.62. The summed E-state index contributed by atoms with van der Waals surface area (Å²) in [5.74, 6) is 0. The minimum atomic E-state index is -0.331. The standard InChI is InChI=1S/C18H25N3/c19-14-18(20-17-9-4-5-10-17)11-6-12-21(15-18)13-16-7-2-1-3-8-16/h1-3,7-8,17,20H,4-6,9-13,15H2. The lowest BCUT2D eigenvalue weighted by Crippen LogP contribution is -2.58. The molecule has 1 atom stereocenters. The lowest BCUT2D eigenvalue weighted by atomic mass is 9.89. The van der Waals surface area contributed by atoms with Gasteiger partial charge in [-0.05, 0) is 37.8 Å². The van der Waals surface area contributed by atoms with Crippen LogP contribution in [-0.2, 0) is 6.54 Å². The SMILES string of the molecule is N#CC1(NC2CCCC2)CCCN(Cc2ccccc2)C1. The quantitative estimate of drug-likeness (QED) is 0.923. The number of nitrogens with one attached hydrogen (secondary N) is 1. The summed E-state index contributed by atoms with van der Waals surface area (Å²) >= 11 is 0. The Morgan fingerprint density at radius 2 is 1.95 bits per heavy atom. The predicted octanol–water partition coefficient (Wildman–Crippen LogP) is 3.08. The first-order valence-corrected chi connectivity index (χ1v) is 8.25. The zero-order valence-corrected chi connectivity index (χ0v) is 12.7. The van der Waals surface area contributed by atoms with Crippen LogP contribution >= 0.6 is 0 Å². The van der Waals surface area contributed by atoms with Crippen molar-refractivity contribution < 1.29 is 0 Å². The highest BCUT2D eigenvalue weighted by molar-refractivity contribution is 5.17. The van der Waals surface area contributed by atoms with Crippen LogP contribution in [0.25, 0.3) is 0 Å². The van der Waals surface area contributed by atoms with Gasteiger partial charge in [-0.2, -0.15) is 5.26 Å². The van der Waals surface area contributed by atoms with E-state index in [4.69, 9.17) is 0 Å². The molecule has 3 rings (SSSR count). The van der Waals surface area contributed by atoms with Crippen LogP contribution in [0.2, 0.25) is 0 Å². The number of hydrogen-bond acceptors (Lipinski definition) is 3. The summed E-state index contributed by atoms with van der Waals surface area (Å²) in [4.78, 5) is 2.43. The minimum Gasteiger partial charge on any atom is -0.296 e. The number of nitrogens with zero attached hydrogens (tertiary/aromatic N) is 2. The van der Waals surface area contributed by atoms with Crippen LogP contribution in [0.4, 0.5) is 0 Å². The molecule has 2 aliphatic rings. The zero-order valence-electron chi connectivity index (χ0n) is 12.7. The molecule has 0 bridgehead atoms. The second-order valence-corrected chi connectivity index (χ2v) is 6.62. The molecule has 3 heteroatoms. The molecule has 0 radical (unpaired) electrons. The molecule has 3 nitrogen and oxygen atoms in total. The number of nitriles is 1. The molecule has 1 N–H and O–H groups in total. The van der Waals surface area contributed by atoms with Gasteiger partial charge < -0.3 is 0 Å². The highest BCUT2D eigenvalue weighted by atomic mass is 15.2. The Hall–Kier alpha value is -1.37. The van der Waals surface area contributed by atoms with E-state index >= 15 is 0 Å². The first-order chi connectivity index (χ1) is 10.3. The van der Waals surface area contributed by atoms with E-state index in [1.807, 2.05) is 0 Å². The number of hydrogen-bond donors (Lipinski definition) is 1. The average Bonchev–Trinajstić information content (AvgIpc) is 3.01. The molecule has 0 amide bonds. The molecule has 1 saturated carbocycles. The third kappa shape index (κ3) is 3.64. The van der Waals surface area contributed by atoms with Crippen molar-refractivity contribution in [3.8, 4) is 6.07 Å². The summed E-state index contributed by atoms with van der Waals surface area (Å²) in [6, 6.07) is 13.7. The molecular formula is C18H25N3. The van der Waals surface area contributed by atoms with E-state index in [0.717, 1.165) is 32.5 Å². The highest BCUT2D eigenvalue weighted by Gasteiger charge is 2.37. The Morgan fingerprint density at radius 3 is 2.67 bits per heavy atom. The number of likely N-dealkylation sites (tertiary alicyclic amines) is 1. The van der Waals surface area contributed by atoms with E-state index in [2.05, 4.69) is 46.6 Å². The Balaban J connectivity index is 1.64. The Labute approximate surface area is 128 Å². The monoisotopic (exact) mass is 283 g/mol. The van der Waals surface area contributed by atoms with E-state index in [1.165, 1.54) is 31.2 Å². The van der Waals surface area contributed by atoms with Crippen molar-refractivity contribution in [1.82, 2.24) is 10.2 Å². The van der Waals surface area contributed by atoms with Crippen LogP contribution in [0, 0.1) is 11.3 Å².